The highest BCUT2D eigenvalue weighted by molar-refractivity contribution is 5.92. The smallest absolute Gasteiger partial charge is 0.435 e. The van der Waals surface area contributed by atoms with Gasteiger partial charge in [-0.15, -0.1) is 0 Å². The summed E-state index contributed by atoms with van der Waals surface area (Å²) < 4.78 is 45.7. The molecule has 156 valence electrons. The molecule has 0 saturated carbocycles. The normalized spacial score (nSPS) is 18.1. The number of carbonyl (C=O) groups excluding carboxylic acids is 2. The zero-order valence-electron chi connectivity index (χ0n) is 16.6. The largest absolute Gasteiger partial charge is 0.453 e. The number of aromatic nitrogens is 1. The van der Waals surface area contributed by atoms with E-state index in [0.29, 0.717) is 0 Å². The number of carbonyl (C=O) groups is 2. The van der Waals surface area contributed by atoms with Crippen LogP contribution < -0.4 is 10.2 Å². The molecule has 2 rings (SSSR count). The van der Waals surface area contributed by atoms with Crippen LogP contribution in [0.5, 0.6) is 0 Å². The number of rotatable bonds is 2. The van der Waals surface area contributed by atoms with Crippen molar-refractivity contribution < 1.29 is 27.5 Å². The summed E-state index contributed by atoms with van der Waals surface area (Å²) >= 11 is 0. The minimum absolute atomic E-state index is 0.112. The summed E-state index contributed by atoms with van der Waals surface area (Å²) in [4.78, 5) is 30.5. The summed E-state index contributed by atoms with van der Waals surface area (Å²) in [5.74, 6) is -0.694. The van der Waals surface area contributed by atoms with Gasteiger partial charge in [0.25, 0.3) is 5.91 Å². The summed E-state index contributed by atoms with van der Waals surface area (Å²) in [5.41, 5.74) is -1.92. The zero-order chi connectivity index (χ0) is 21.3. The Morgan fingerprint density at radius 2 is 1.86 bits per heavy atom. The van der Waals surface area contributed by atoms with E-state index in [1.807, 2.05) is 20.8 Å². The fraction of sp³-hybridized carbons (Fsp3) is 0.611. The molecule has 0 bridgehead atoms. The molecular weight excluding hydrogens is 377 g/mol. The molecule has 1 aliphatic heterocycles. The van der Waals surface area contributed by atoms with Gasteiger partial charge in [0.2, 0.25) is 0 Å². The van der Waals surface area contributed by atoms with E-state index in [1.165, 1.54) is 31.2 Å². The quantitative estimate of drug-likeness (QED) is 0.824. The Hall–Kier alpha value is -2.52. The molecule has 1 unspecified atom stereocenters. The lowest BCUT2D eigenvalue weighted by Gasteiger charge is -2.47. The van der Waals surface area contributed by atoms with Crippen LogP contribution in [0.2, 0.25) is 0 Å². The topological polar surface area (TPSA) is 74.8 Å². The first-order valence-electron chi connectivity index (χ1n) is 8.80. The molecule has 10 heteroatoms. The number of nitrogens with zero attached hydrogens (tertiary/aromatic N) is 3. The number of hydrogen-bond donors (Lipinski definition) is 1. The number of piperazine rings is 1. The van der Waals surface area contributed by atoms with E-state index < -0.39 is 23.9 Å². The lowest BCUT2D eigenvalue weighted by molar-refractivity contribution is -0.140. The van der Waals surface area contributed by atoms with Gasteiger partial charge in [0, 0.05) is 26.7 Å². The lowest BCUT2D eigenvalue weighted by atomic mass is 9.84. The average molecular weight is 402 g/mol. The number of hydrogen-bond acceptors (Lipinski definition) is 5. The lowest BCUT2D eigenvalue weighted by Crippen LogP contribution is -2.60. The van der Waals surface area contributed by atoms with E-state index >= 15 is 0 Å². The van der Waals surface area contributed by atoms with Crippen LogP contribution in [0.25, 0.3) is 0 Å². The Kier molecular flexibility index (Phi) is 6.10. The fourth-order valence-corrected chi connectivity index (χ4v) is 3.25. The van der Waals surface area contributed by atoms with Gasteiger partial charge in [-0.25, -0.2) is 9.78 Å². The van der Waals surface area contributed by atoms with Gasteiger partial charge < -0.3 is 19.9 Å². The first-order valence-corrected chi connectivity index (χ1v) is 8.80. The van der Waals surface area contributed by atoms with Crippen molar-refractivity contribution in [3.05, 3.63) is 23.5 Å². The molecule has 1 atom stereocenters. The molecule has 1 aliphatic rings. The van der Waals surface area contributed by atoms with Crippen LogP contribution in [0.1, 0.15) is 37.0 Å². The molecule has 1 saturated heterocycles. The number of ether oxygens (including phenoxy) is 1. The third kappa shape index (κ3) is 4.48. The number of nitrogens with one attached hydrogen (secondary N) is 1. The molecule has 1 aromatic heterocycles. The summed E-state index contributed by atoms with van der Waals surface area (Å²) in [6, 6.07) is 2.16. The van der Waals surface area contributed by atoms with E-state index in [-0.39, 0.29) is 42.5 Å². The van der Waals surface area contributed by atoms with Gasteiger partial charge in [-0.2, -0.15) is 13.2 Å². The van der Waals surface area contributed by atoms with Crippen molar-refractivity contribution >= 4 is 17.7 Å². The van der Waals surface area contributed by atoms with E-state index in [1.54, 1.807) is 4.90 Å². The van der Waals surface area contributed by atoms with Crippen molar-refractivity contribution in [3.8, 4) is 0 Å². The zero-order valence-corrected chi connectivity index (χ0v) is 16.6. The van der Waals surface area contributed by atoms with Crippen LogP contribution in [0, 0.1) is 5.41 Å². The number of pyridine rings is 1. The van der Waals surface area contributed by atoms with Crippen molar-refractivity contribution in [1.29, 1.82) is 0 Å². The Morgan fingerprint density at radius 3 is 2.36 bits per heavy atom. The molecule has 1 N–H and O–H groups in total. The summed E-state index contributed by atoms with van der Waals surface area (Å²) in [5, 5.41) is 2.27. The highest BCUT2D eigenvalue weighted by Gasteiger charge is 2.42. The predicted molar refractivity (Wildman–Crippen MR) is 97.2 cm³/mol. The molecule has 28 heavy (non-hydrogen) atoms. The molecule has 7 nitrogen and oxygen atoms in total. The Bertz CT molecular complexity index is 747. The van der Waals surface area contributed by atoms with Crippen molar-refractivity contribution in [1.82, 2.24) is 15.2 Å². The van der Waals surface area contributed by atoms with Crippen molar-refractivity contribution in [2.45, 2.75) is 33.0 Å². The van der Waals surface area contributed by atoms with Gasteiger partial charge in [-0.05, 0) is 17.5 Å². The SMILES string of the molecule is CNC(=O)c1ccc(N2CCN(C(=O)OC)C(C(C)(C)C)C2)c(C(F)(F)F)n1. The van der Waals surface area contributed by atoms with E-state index in [0.717, 1.165) is 0 Å². The number of methoxy groups -OCH3 is 1. The summed E-state index contributed by atoms with van der Waals surface area (Å²) in [7, 11) is 2.60. The number of alkyl halides is 3. The molecule has 0 aliphatic carbocycles. The molecule has 1 aromatic rings. The maximum Gasteiger partial charge on any atom is 0.435 e. The second kappa shape index (κ2) is 7.84. The van der Waals surface area contributed by atoms with E-state index in [4.69, 9.17) is 4.74 Å². The highest BCUT2D eigenvalue weighted by Crippen LogP contribution is 2.37. The van der Waals surface area contributed by atoms with Crippen molar-refractivity contribution in [3.63, 3.8) is 0 Å². The van der Waals surface area contributed by atoms with Crippen LogP contribution in [-0.4, -0.2) is 61.7 Å². The van der Waals surface area contributed by atoms with Crippen LogP contribution in [0.15, 0.2) is 12.1 Å². The third-order valence-corrected chi connectivity index (χ3v) is 4.73. The first kappa shape index (κ1) is 21.8. The minimum atomic E-state index is -4.73. The Labute approximate surface area is 161 Å². The van der Waals surface area contributed by atoms with Crippen molar-refractivity contribution in [2.24, 2.45) is 5.41 Å². The molecule has 0 radical (unpaired) electrons. The second-order valence-corrected chi connectivity index (χ2v) is 7.63. The van der Waals surface area contributed by atoms with E-state index in [2.05, 4.69) is 10.3 Å². The molecule has 1 fully saturated rings. The fourth-order valence-electron chi connectivity index (χ4n) is 3.25. The van der Waals surface area contributed by atoms with Crippen LogP contribution in [0.4, 0.5) is 23.7 Å². The monoisotopic (exact) mass is 402 g/mol. The second-order valence-electron chi connectivity index (χ2n) is 7.63. The Morgan fingerprint density at radius 1 is 1.21 bits per heavy atom. The summed E-state index contributed by atoms with van der Waals surface area (Å²) in [6.45, 7) is 6.32. The third-order valence-electron chi connectivity index (χ3n) is 4.73. The van der Waals surface area contributed by atoms with Gasteiger partial charge in [0.1, 0.15) is 5.69 Å². The minimum Gasteiger partial charge on any atom is -0.453 e. The number of halogens is 3. The molecule has 0 spiro atoms. The number of anilines is 1. The van der Waals surface area contributed by atoms with Gasteiger partial charge >= 0.3 is 12.3 Å². The highest BCUT2D eigenvalue weighted by atomic mass is 19.4. The molecule has 2 heterocycles. The average Bonchev–Trinajstić information content (AvgIpc) is 2.64. The molecule has 2 amide bonds. The standard InChI is InChI=1S/C18H25F3N4O3/c1-17(2,3)13-10-24(8-9-25(13)16(27)28-5)12-7-6-11(15(26)22-4)23-14(12)18(19,20)21/h6-7,13H,8-10H2,1-5H3,(H,22,26). The number of amides is 2. The van der Waals surface area contributed by atoms with Gasteiger partial charge in [-0.1, -0.05) is 20.8 Å². The van der Waals surface area contributed by atoms with Crippen molar-refractivity contribution in [2.75, 3.05) is 38.7 Å². The van der Waals surface area contributed by atoms with Crippen LogP contribution in [0.3, 0.4) is 0 Å². The van der Waals surface area contributed by atoms with Gasteiger partial charge in [0.15, 0.2) is 5.69 Å². The maximum absolute atomic E-state index is 13.6. The van der Waals surface area contributed by atoms with Crippen LogP contribution in [-0.2, 0) is 10.9 Å². The predicted octanol–water partition coefficient (Wildman–Crippen LogP) is 2.76. The molecular formula is C18H25F3N4O3. The van der Waals surface area contributed by atoms with Gasteiger partial charge in [-0.3, -0.25) is 4.79 Å². The summed E-state index contributed by atoms with van der Waals surface area (Å²) in [6.07, 6.45) is -5.24. The molecule has 0 aromatic carbocycles. The maximum atomic E-state index is 13.6. The van der Waals surface area contributed by atoms with Gasteiger partial charge in [0.05, 0.1) is 18.8 Å². The first-order chi connectivity index (χ1) is 12.9. The van der Waals surface area contributed by atoms with E-state index in [9.17, 15) is 22.8 Å². The van der Waals surface area contributed by atoms with Crippen LogP contribution >= 0.6 is 0 Å². The Balaban J connectivity index is 2.44.